The van der Waals surface area contributed by atoms with E-state index in [-0.39, 0.29) is 23.8 Å². The van der Waals surface area contributed by atoms with Gasteiger partial charge in [-0.1, -0.05) is 35.9 Å². The first kappa shape index (κ1) is 20.0. The van der Waals surface area contributed by atoms with E-state index in [1.54, 1.807) is 55.5 Å². The number of nitro groups is 1. The molecule has 1 aromatic heterocycles. The van der Waals surface area contributed by atoms with Crippen LogP contribution in [-0.4, -0.2) is 27.5 Å². The van der Waals surface area contributed by atoms with E-state index in [4.69, 9.17) is 16.3 Å². The van der Waals surface area contributed by atoms with E-state index < -0.39 is 16.6 Å². The predicted molar refractivity (Wildman–Crippen MR) is 109 cm³/mol. The van der Waals surface area contributed by atoms with E-state index in [0.717, 1.165) is 0 Å². The van der Waals surface area contributed by atoms with Gasteiger partial charge in [0.25, 0.3) is 0 Å². The third kappa shape index (κ3) is 4.58. The molecule has 0 fully saturated rings. The Morgan fingerprint density at radius 3 is 2.28 bits per heavy atom. The van der Waals surface area contributed by atoms with Crippen molar-refractivity contribution in [3.8, 4) is 0 Å². The second-order valence-corrected chi connectivity index (χ2v) is 6.08. The van der Waals surface area contributed by atoms with Crippen molar-refractivity contribution in [2.24, 2.45) is 0 Å². The van der Waals surface area contributed by atoms with Crippen molar-refractivity contribution in [2.75, 3.05) is 17.2 Å². The Morgan fingerprint density at radius 2 is 1.66 bits per heavy atom. The van der Waals surface area contributed by atoms with Crippen molar-refractivity contribution < 1.29 is 14.5 Å². The summed E-state index contributed by atoms with van der Waals surface area (Å²) in [5.41, 5.74) is 0.597. The fourth-order valence-electron chi connectivity index (χ4n) is 2.53. The van der Waals surface area contributed by atoms with Crippen LogP contribution in [0.2, 0.25) is 5.02 Å². The fraction of sp³-hybridized carbons (Fsp3) is 0.105. The number of ether oxygens (including phenoxy) is 1. The van der Waals surface area contributed by atoms with Crippen LogP contribution in [0.25, 0.3) is 0 Å². The van der Waals surface area contributed by atoms with Crippen molar-refractivity contribution in [3.63, 3.8) is 0 Å². The highest BCUT2D eigenvalue weighted by molar-refractivity contribution is 6.33. The van der Waals surface area contributed by atoms with Crippen molar-refractivity contribution in [1.82, 2.24) is 9.97 Å². The molecular weight excluding hydrogens is 398 g/mol. The maximum Gasteiger partial charge on any atom is 0.353 e. The van der Waals surface area contributed by atoms with E-state index in [2.05, 4.69) is 20.6 Å². The minimum absolute atomic E-state index is 0.0470. The maximum atomic E-state index is 12.2. The lowest BCUT2D eigenvalue weighted by Gasteiger charge is -2.13. The number of hydrogen-bond acceptors (Lipinski definition) is 8. The molecule has 0 bridgehead atoms. The number of nitrogens with one attached hydrogen (secondary N) is 2. The van der Waals surface area contributed by atoms with Crippen molar-refractivity contribution in [3.05, 3.63) is 75.6 Å². The van der Waals surface area contributed by atoms with Gasteiger partial charge in [0, 0.05) is 0 Å². The van der Waals surface area contributed by atoms with Gasteiger partial charge in [-0.25, -0.2) is 14.8 Å². The van der Waals surface area contributed by atoms with Gasteiger partial charge in [-0.3, -0.25) is 10.1 Å². The van der Waals surface area contributed by atoms with E-state index in [1.165, 1.54) is 6.33 Å². The molecule has 0 spiro atoms. The first-order chi connectivity index (χ1) is 14.0. The van der Waals surface area contributed by atoms with Gasteiger partial charge in [-0.2, -0.15) is 0 Å². The highest BCUT2D eigenvalue weighted by atomic mass is 35.5. The molecule has 148 valence electrons. The highest BCUT2D eigenvalue weighted by Gasteiger charge is 2.25. The molecule has 0 saturated carbocycles. The van der Waals surface area contributed by atoms with Crippen LogP contribution in [0.3, 0.4) is 0 Å². The quantitative estimate of drug-likeness (QED) is 0.325. The van der Waals surface area contributed by atoms with E-state index in [0.29, 0.717) is 16.4 Å². The molecule has 0 aliphatic carbocycles. The molecule has 9 nitrogen and oxygen atoms in total. The van der Waals surface area contributed by atoms with Gasteiger partial charge >= 0.3 is 11.7 Å². The van der Waals surface area contributed by atoms with Crippen LogP contribution in [0, 0.1) is 10.1 Å². The molecule has 0 atom stereocenters. The molecule has 2 N–H and O–H groups in total. The zero-order valence-corrected chi connectivity index (χ0v) is 16.0. The van der Waals surface area contributed by atoms with Gasteiger partial charge in [0.15, 0.2) is 0 Å². The molecule has 0 amide bonds. The second kappa shape index (κ2) is 8.98. The lowest BCUT2D eigenvalue weighted by atomic mass is 10.2. The predicted octanol–water partition coefficient (Wildman–Crippen LogP) is 4.70. The van der Waals surface area contributed by atoms with Gasteiger partial charge in [0.1, 0.15) is 6.33 Å². The summed E-state index contributed by atoms with van der Waals surface area (Å²) in [6, 6.07) is 13.3. The topological polar surface area (TPSA) is 119 Å². The molecule has 10 heteroatoms. The number of para-hydroxylation sites is 2. The second-order valence-electron chi connectivity index (χ2n) is 5.67. The fourth-order valence-corrected chi connectivity index (χ4v) is 2.71. The molecule has 3 aromatic rings. The SMILES string of the molecule is CCOC(=O)c1ccccc1Nc1ncnc(Nc2ccccc2Cl)c1[N+](=O)[O-]. The van der Waals surface area contributed by atoms with E-state index in [9.17, 15) is 14.9 Å². The number of esters is 1. The third-order valence-electron chi connectivity index (χ3n) is 3.81. The average Bonchev–Trinajstić information content (AvgIpc) is 2.70. The summed E-state index contributed by atoms with van der Waals surface area (Å²) in [7, 11) is 0. The minimum atomic E-state index is -0.617. The van der Waals surface area contributed by atoms with E-state index in [1.807, 2.05) is 0 Å². The summed E-state index contributed by atoms with van der Waals surface area (Å²) >= 11 is 6.12. The third-order valence-corrected chi connectivity index (χ3v) is 4.14. The van der Waals surface area contributed by atoms with Crippen molar-refractivity contribution in [1.29, 1.82) is 0 Å². The van der Waals surface area contributed by atoms with Crippen LogP contribution in [0.5, 0.6) is 0 Å². The highest BCUT2D eigenvalue weighted by Crippen LogP contribution is 2.35. The summed E-state index contributed by atoms with van der Waals surface area (Å²) in [4.78, 5) is 31.2. The van der Waals surface area contributed by atoms with Crippen LogP contribution >= 0.6 is 11.6 Å². The molecule has 0 radical (unpaired) electrons. The van der Waals surface area contributed by atoms with Crippen molar-refractivity contribution >= 4 is 46.3 Å². The Kier molecular flexibility index (Phi) is 6.20. The molecular formula is C19H16ClN5O4. The summed E-state index contributed by atoms with van der Waals surface area (Å²) in [6.07, 6.45) is 1.17. The zero-order valence-electron chi connectivity index (χ0n) is 15.3. The summed E-state index contributed by atoms with van der Waals surface area (Å²) in [6.45, 7) is 1.89. The Hall–Kier alpha value is -3.72. The zero-order chi connectivity index (χ0) is 20.8. The number of carbonyl (C=O) groups is 1. The summed E-state index contributed by atoms with van der Waals surface area (Å²) in [5.74, 6) is -0.688. The van der Waals surface area contributed by atoms with Crippen LogP contribution in [0.1, 0.15) is 17.3 Å². The molecule has 29 heavy (non-hydrogen) atoms. The summed E-state index contributed by atoms with van der Waals surface area (Å²) in [5, 5.41) is 17.8. The Morgan fingerprint density at radius 1 is 1.07 bits per heavy atom. The molecule has 0 unspecified atom stereocenters. The van der Waals surface area contributed by atoms with Gasteiger partial charge in [0.2, 0.25) is 11.6 Å². The Labute approximate surface area is 170 Å². The molecule has 0 aliphatic heterocycles. The molecule has 1 heterocycles. The Balaban J connectivity index is 2.00. The molecule has 0 aliphatic rings. The van der Waals surface area contributed by atoms with Crippen molar-refractivity contribution in [2.45, 2.75) is 6.92 Å². The molecule has 2 aromatic carbocycles. The number of benzene rings is 2. The van der Waals surface area contributed by atoms with Gasteiger partial charge in [-0.15, -0.1) is 0 Å². The minimum Gasteiger partial charge on any atom is -0.462 e. The first-order valence-electron chi connectivity index (χ1n) is 8.55. The van der Waals surface area contributed by atoms with E-state index >= 15 is 0 Å². The van der Waals surface area contributed by atoms with Gasteiger partial charge in [0.05, 0.1) is 33.5 Å². The normalized spacial score (nSPS) is 10.3. The number of aromatic nitrogens is 2. The number of halogens is 1. The Bertz CT molecular complexity index is 1060. The number of anilines is 4. The van der Waals surface area contributed by atoms with Crippen LogP contribution in [0.15, 0.2) is 54.9 Å². The smallest absolute Gasteiger partial charge is 0.353 e. The lowest BCUT2D eigenvalue weighted by Crippen LogP contribution is -2.10. The van der Waals surface area contributed by atoms with Crippen LogP contribution in [-0.2, 0) is 4.74 Å². The number of carbonyl (C=O) groups excluding carboxylic acids is 1. The largest absolute Gasteiger partial charge is 0.462 e. The first-order valence-corrected chi connectivity index (χ1v) is 8.93. The number of hydrogen-bond donors (Lipinski definition) is 2. The van der Waals surface area contributed by atoms with Crippen LogP contribution < -0.4 is 10.6 Å². The average molecular weight is 414 g/mol. The van der Waals surface area contributed by atoms with Gasteiger partial charge < -0.3 is 15.4 Å². The lowest BCUT2D eigenvalue weighted by molar-refractivity contribution is -0.383. The monoisotopic (exact) mass is 413 g/mol. The number of nitrogens with zero attached hydrogens (tertiary/aromatic N) is 3. The number of rotatable bonds is 7. The van der Waals surface area contributed by atoms with Crippen LogP contribution in [0.4, 0.5) is 28.7 Å². The standard InChI is InChI=1S/C19H16ClN5O4/c1-2-29-19(26)12-7-3-5-9-14(12)23-17-16(25(27)28)18(22-11-21-17)24-15-10-6-4-8-13(15)20/h3-11H,2H2,1H3,(H2,21,22,23,24). The maximum absolute atomic E-state index is 12.2. The van der Waals surface area contributed by atoms with Gasteiger partial charge in [-0.05, 0) is 31.2 Å². The molecule has 0 saturated heterocycles. The molecule has 3 rings (SSSR count). The summed E-state index contributed by atoms with van der Waals surface area (Å²) < 4.78 is 5.03.